The minimum Gasteiger partial charge on any atom is -0.461 e. The van der Waals surface area contributed by atoms with Gasteiger partial charge in [-0.1, -0.05) is 0 Å². The van der Waals surface area contributed by atoms with Gasteiger partial charge in [0.2, 0.25) is 11.6 Å². The molecule has 100 valence electrons. The molecule has 0 unspecified atom stereocenters. The van der Waals surface area contributed by atoms with Gasteiger partial charge in [-0.2, -0.15) is 4.98 Å². The molecule has 8 heteroatoms. The number of hydrogen-bond acceptors (Lipinski definition) is 7. The Morgan fingerprint density at radius 2 is 2.21 bits per heavy atom. The highest BCUT2D eigenvalue weighted by Crippen LogP contribution is 2.06. The van der Waals surface area contributed by atoms with Gasteiger partial charge in [0.1, 0.15) is 5.52 Å². The van der Waals surface area contributed by atoms with E-state index in [1.807, 2.05) is 6.92 Å². The van der Waals surface area contributed by atoms with Crippen LogP contribution in [0.2, 0.25) is 0 Å². The first-order valence-corrected chi connectivity index (χ1v) is 5.83. The van der Waals surface area contributed by atoms with Crippen molar-refractivity contribution in [3.05, 3.63) is 22.2 Å². The summed E-state index contributed by atoms with van der Waals surface area (Å²) in [4.78, 5) is 37.7. The van der Waals surface area contributed by atoms with E-state index in [0.717, 1.165) is 0 Å². The van der Waals surface area contributed by atoms with Gasteiger partial charge < -0.3 is 15.0 Å². The number of anilines is 1. The average Bonchev–Trinajstić information content (AvgIpc) is 2.38. The van der Waals surface area contributed by atoms with E-state index in [0.29, 0.717) is 18.0 Å². The Morgan fingerprint density at radius 3 is 2.89 bits per heavy atom. The van der Waals surface area contributed by atoms with Crippen molar-refractivity contribution in [3.63, 3.8) is 0 Å². The molecule has 0 spiro atoms. The van der Waals surface area contributed by atoms with Gasteiger partial charge >= 0.3 is 5.97 Å². The number of aromatic nitrogens is 4. The second-order valence-electron chi connectivity index (χ2n) is 3.59. The maximum absolute atomic E-state index is 11.7. The third kappa shape index (κ3) is 2.67. The Kier molecular flexibility index (Phi) is 3.69. The summed E-state index contributed by atoms with van der Waals surface area (Å²) in [5.41, 5.74) is -0.338. The summed E-state index contributed by atoms with van der Waals surface area (Å²) in [6.45, 7) is 4.38. The van der Waals surface area contributed by atoms with Gasteiger partial charge in [0, 0.05) is 6.54 Å². The van der Waals surface area contributed by atoms with E-state index in [2.05, 4.69) is 25.3 Å². The van der Waals surface area contributed by atoms with E-state index in [4.69, 9.17) is 4.74 Å². The molecule has 2 heterocycles. The summed E-state index contributed by atoms with van der Waals surface area (Å²) in [6.07, 6.45) is 1.43. The van der Waals surface area contributed by atoms with Crippen LogP contribution in [0, 0.1) is 0 Å². The normalized spacial score (nSPS) is 10.4. The molecule has 0 aliphatic carbocycles. The molecule has 0 atom stereocenters. The maximum atomic E-state index is 11.7. The van der Waals surface area contributed by atoms with Gasteiger partial charge in [-0.15, -0.1) is 0 Å². The third-order valence-electron chi connectivity index (χ3n) is 2.25. The molecular formula is C11H13N5O3. The predicted octanol–water partition coefficient (Wildman–Crippen LogP) is 0.322. The van der Waals surface area contributed by atoms with E-state index in [9.17, 15) is 9.59 Å². The van der Waals surface area contributed by atoms with Crippen LogP contribution in [0.3, 0.4) is 0 Å². The smallest absolute Gasteiger partial charge is 0.362 e. The number of esters is 1. The standard InChI is InChI=1S/C11H13N5O3/c1-3-12-11-13-5-6-8(16-11)15-9(17)7(14-6)10(18)19-4-2/h5H,3-4H2,1-2H3,(H2,12,13,15,16,17). The SMILES string of the molecule is CCNc1ncc2nc(C(=O)OCC)c(=O)[nH]c2n1. The van der Waals surface area contributed by atoms with Crippen molar-refractivity contribution in [3.8, 4) is 0 Å². The van der Waals surface area contributed by atoms with E-state index in [1.165, 1.54) is 6.20 Å². The fourth-order valence-corrected chi connectivity index (χ4v) is 1.47. The van der Waals surface area contributed by atoms with Crippen LogP contribution >= 0.6 is 0 Å². The van der Waals surface area contributed by atoms with Gasteiger partial charge in [0.05, 0.1) is 12.8 Å². The number of carbonyl (C=O) groups is 1. The number of nitrogens with one attached hydrogen (secondary N) is 2. The van der Waals surface area contributed by atoms with E-state index >= 15 is 0 Å². The number of ether oxygens (including phenoxy) is 1. The van der Waals surface area contributed by atoms with Crippen molar-refractivity contribution in [2.24, 2.45) is 0 Å². The lowest BCUT2D eigenvalue weighted by atomic mass is 10.4. The summed E-state index contributed by atoms with van der Waals surface area (Å²) in [5.74, 6) is -0.377. The number of aromatic amines is 1. The molecule has 0 radical (unpaired) electrons. The summed E-state index contributed by atoms with van der Waals surface area (Å²) in [7, 11) is 0. The fourth-order valence-electron chi connectivity index (χ4n) is 1.47. The Morgan fingerprint density at radius 1 is 1.42 bits per heavy atom. The lowest BCUT2D eigenvalue weighted by Gasteiger charge is -2.04. The third-order valence-corrected chi connectivity index (χ3v) is 2.25. The molecule has 0 fully saturated rings. The molecule has 2 N–H and O–H groups in total. The summed E-state index contributed by atoms with van der Waals surface area (Å²) >= 11 is 0. The van der Waals surface area contributed by atoms with Gasteiger partial charge in [-0.3, -0.25) is 4.79 Å². The maximum Gasteiger partial charge on any atom is 0.362 e. The van der Waals surface area contributed by atoms with Crippen LogP contribution in [0.1, 0.15) is 24.3 Å². The Labute approximate surface area is 108 Å². The minimum atomic E-state index is -0.763. The molecule has 2 rings (SSSR count). The number of H-pyrrole nitrogens is 1. The second kappa shape index (κ2) is 5.42. The van der Waals surface area contributed by atoms with Crippen molar-refractivity contribution in [1.29, 1.82) is 0 Å². The minimum absolute atomic E-state index is 0.174. The zero-order chi connectivity index (χ0) is 13.8. The fraction of sp³-hybridized carbons (Fsp3) is 0.364. The first kappa shape index (κ1) is 12.9. The average molecular weight is 263 g/mol. The van der Waals surface area contributed by atoms with Crippen LogP contribution in [-0.4, -0.2) is 39.1 Å². The topological polar surface area (TPSA) is 110 Å². The van der Waals surface area contributed by atoms with Crippen LogP contribution < -0.4 is 10.9 Å². The first-order valence-electron chi connectivity index (χ1n) is 5.83. The Hall–Kier alpha value is -2.51. The Balaban J connectivity index is 2.49. The second-order valence-corrected chi connectivity index (χ2v) is 3.59. The van der Waals surface area contributed by atoms with Gasteiger partial charge in [0.25, 0.3) is 5.56 Å². The van der Waals surface area contributed by atoms with Gasteiger partial charge in [0.15, 0.2) is 5.65 Å². The molecule has 0 saturated heterocycles. The van der Waals surface area contributed by atoms with Crippen molar-refractivity contribution in [1.82, 2.24) is 19.9 Å². The monoisotopic (exact) mass is 263 g/mol. The van der Waals surface area contributed by atoms with Gasteiger partial charge in [-0.25, -0.2) is 14.8 Å². The van der Waals surface area contributed by atoms with Gasteiger partial charge in [-0.05, 0) is 13.8 Å². The number of carbonyl (C=O) groups excluding carboxylic acids is 1. The molecular weight excluding hydrogens is 250 g/mol. The largest absolute Gasteiger partial charge is 0.461 e. The number of rotatable bonds is 4. The summed E-state index contributed by atoms with van der Waals surface area (Å²) < 4.78 is 4.75. The lowest BCUT2D eigenvalue weighted by Crippen LogP contribution is -2.22. The van der Waals surface area contributed by atoms with Crippen LogP contribution in [0.15, 0.2) is 11.0 Å². The quantitative estimate of drug-likeness (QED) is 0.764. The zero-order valence-corrected chi connectivity index (χ0v) is 10.6. The van der Waals surface area contributed by atoms with Crippen molar-refractivity contribution in [2.75, 3.05) is 18.5 Å². The molecule has 0 saturated carbocycles. The molecule has 0 aliphatic heterocycles. The molecule has 19 heavy (non-hydrogen) atoms. The highest BCUT2D eigenvalue weighted by atomic mass is 16.5. The Bertz CT molecular complexity index is 667. The molecule has 0 bridgehead atoms. The highest BCUT2D eigenvalue weighted by Gasteiger charge is 2.15. The van der Waals surface area contributed by atoms with E-state index in [1.54, 1.807) is 6.92 Å². The summed E-state index contributed by atoms with van der Waals surface area (Å²) in [6, 6.07) is 0. The van der Waals surface area contributed by atoms with Crippen LogP contribution in [0.5, 0.6) is 0 Å². The lowest BCUT2D eigenvalue weighted by molar-refractivity contribution is 0.0517. The summed E-state index contributed by atoms with van der Waals surface area (Å²) in [5, 5.41) is 2.91. The highest BCUT2D eigenvalue weighted by molar-refractivity contribution is 5.88. The first-order chi connectivity index (χ1) is 9.15. The van der Waals surface area contributed by atoms with Crippen LogP contribution in [-0.2, 0) is 4.74 Å². The van der Waals surface area contributed by atoms with E-state index < -0.39 is 11.5 Å². The van der Waals surface area contributed by atoms with E-state index in [-0.39, 0.29) is 17.9 Å². The van der Waals surface area contributed by atoms with Crippen molar-refractivity contribution in [2.45, 2.75) is 13.8 Å². The van der Waals surface area contributed by atoms with Crippen LogP contribution in [0.25, 0.3) is 11.2 Å². The molecule has 0 aliphatic rings. The molecule has 0 aromatic carbocycles. The zero-order valence-electron chi connectivity index (χ0n) is 10.6. The predicted molar refractivity (Wildman–Crippen MR) is 68.1 cm³/mol. The molecule has 8 nitrogen and oxygen atoms in total. The van der Waals surface area contributed by atoms with Crippen molar-refractivity contribution >= 4 is 23.1 Å². The number of nitrogens with zero attached hydrogens (tertiary/aromatic N) is 3. The number of fused-ring (bicyclic) bond motifs is 1. The molecule has 2 aromatic heterocycles. The van der Waals surface area contributed by atoms with Crippen LogP contribution in [0.4, 0.5) is 5.95 Å². The number of hydrogen-bond donors (Lipinski definition) is 2. The van der Waals surface area contributed by atoms with Crippen molar-refractivity contribution < 1.29 is 9.53 Å². The molecule has 2 aromatic rings. The molecule has 0 amide bonds.